The van der Waals surface area contributed by atoms with E-state index in [-0.39, 0.29) is 0 Å². The van der Waals surface area contributed by atoms with Gasteiger partial charge in [0, 0.05) is 29.8 Å². The molecule has 1 aliphatic carbocycles. The van der Waals surface area contributed by atoms with E-state index in [1.165, 1.54) is 37.7 Å². The Bertz CT molecular complexity index is 457. The van der Waals surface area contributed by atoms with E-state index in [0.29, 0.717) is 25.4 Å². The van der Waals surface area contributed by atoms with Crippen molar-refractivity contribution in [1.82, 2.24) is 0 Å². The molecular weight excluding hydrogens is 372 g/mol. The SMILES string of the molecule is CCO[Si](OCC)(OCCc1ccccc1Br)C1CCCCC1. The van der Waals surface area contributed by atoms with Gasteiger partial charge in [0.05, 0.1) is 0 Å². The van der Waals surface area contributed by atoms with Crippen LogP contribution in [0.5, 0.6) is 0 Å². The van der Waals surface area contributed by atoms with Crippen molar-refractivity contribution in [1.29, 1.82) is 0 Å². The van der Waals surface area contributed by atoms with Crippen LogP contribution >= 0.6 is 15.9 Å². The quantitative estimate of drug-likeness (QED) is 0.522. The molecule has 1 saturated carbocycles. The lowest BCUT2D eigenvalue weighted by Crippen LogP contribution is -2.51. The van der Waals surface area contributed by atoms with Crippen molar-refractivity contribution in [3.05, 3.63) is 34.3 Å². The van der Waals surface area contributed by atoms with Gasteiger partial charge in [0.25, 0.3) is 0 Å². The summed E-state index contributed by atoms with van der Waals surface area (Å²) >= 11 is 3.61. The van der Waals surface area contributed by atoms with Crippen molar-refractivity contribution < 1.29 is 13.3 Å². The van der Waals surface area contributed by atoms with Crippen LogP contribution in [0.25, 0.3) is 0 Å². The first-order valence-electron chi connectivity index (χ1n) is 8.87. The minimum absolute atomic E-state index is 0.468. The zero-order valence-corrected chi connectivity index (χ0v) is 16.9. The van der Waals surface area contributed by atoms with Gasteiger partial charge in [-0.25, -0.2) is 0 Å². The van der Waals surface area contributed by atoms with E-state index in [0.717, 1.165) is 10.9 Å². The summed E-state index contributed by atoms with van der Waals surface area (Å²) in [6, 6.07) is 8.32. The van der Waals surface area contributed by atoms with E-state index in [1.807, 2.05) is 19.9 Å². The lowest BCUT2D eigenvalue weighted by Gasteiger charge is -2.37. The molecule has 0 amide bonds. The van der Waals surface area contributed by atoms with Gasteiger partial charge in [0.15, 0.2) is 0 Å². The molecule has 0 heterocycles. The molecule has 23 heavy (non-hydrogen) atoms. The Morgan fingerprint density at radius 2 is 1.65 bits per heavy atom. The van der Waals surface area contributed by atoms with Crippen LogP contribution in [-0.2, 0) is 19.7 Å². The molecule has 1 fully saturated rings. The molecule has 0 atom stereocenters. The van der Waals surface area contributed by atoms with E-state index in [4.69, 9.17) is 13.3 Å². The topological polar surface area (TPSA) is 27.7 Å². The van der Waals surface area contributed by atoms with Crippen LogP contribution in [0.1, 0.15) is 51.5 Å². The lowest BCUT2D eigenvalue weighted by molar-refractivity contribution is 0.0530. The van der Waals surface area contributed by atoms with E-state index in [2.05, 4.69) is 34.1 Å². The van der Waals surface area contributed by atoms with Crippen LogP contribution in [0.15, 0.2) is 28.7 Å². The maximum absolute atomic E-state index is 6.38. The van der Waals surface area contributed by atoms with E-state index in [9.17, 15) is 0 Å². The summed E-state index contributed by atoms with van der Waals surface area (Å²) in [5.74, 6) is 0. The average Bonchev–Trinajstić information content (AvgIpc) is 2.58. The van der Waals surface area contributed by atoms with Gasteiger partial charge in [-0.15, -0.1) is 0 Å². The fraction of sp³-hybridized carbons (Fsp3) is 0.667. The highest BCUT2D eigenvalue weighted by molar-refractivity contribution is 9.10. The first kappa shape index (κ1) is 19.1. The predicted octanol–water partition coefficient (Wildman–Crippen LogP) is 5.35. The molecule has 0 unspecified atom stereocenters. The molecule has 1 aliphatic rings. The van der Waals surface area contributed by atoms with Crippen molar-refractivity contribution >= 4 is 24.7 Å². The van der Waals surface area contributed by atoms with Crippen LogP contribution in [-0.4, -0.2) is 28.6 Å². The Morgan fingerprint density at radius 3 is 2.26 bits per heavy atom. The second-order valence-corrected chi connectivity index (χ2v) is 9.74. The van der Waals surface area contributed by atoms with Crippen molar-refractivity contribution in [3.8, 4) is 0 Å². The van der Waals surface area contributed by atoms with Gasteiger partial charge in [-0.05, 0) is 44.7 Å². The van der Waals surface area contributed by atoms with Crippen molar-refractivity contribution in [3.63, 3.8) is 0 Å². The van der Waals surface area contributed by atoms with E-state index in [1.54, 1.807) is 0 Å². The van der Waals surface area contributed by atoms with Gasteiger partial charge in [-0.2, -0.15) is 0 Å². The van der Waals surface area contributed by atoms with E-state index < -0.39 is 8.80 Å². The maximum Gasteiger partial charge on any atom is 0.504 e. The van der Waals surface area contributed by atoms with Gasteiger partial charge in [0.1, 0.15) is 0 Å². The molecule has 0 radical (unpaired) electrons. The molecule has 0 N–H and O–H groups in total. The van der Waals surface area contributed by atoms with Gasteiger partial charge < -0.3 is 13.3 Å². The Labute approximate surface area is 150 Å². The first-order chi connectivity index (χ1) is 11.2. The number of rotatable bonds is 9. The number of halogens is 1. The fourth-order valence-electron chi connectivity index (χ4n) is 3.34. The second kappa shape index (κ2) is 9.94. The normalized spacial score (nSPS) is 16.7. The smallest absolute Gasteiger partial charge is 0.374 e. The number of hydrogen-bond donors (Lipinski definition) is 0. The maximum atomic E-state index is 6.38. The molecule has 0 aliphatic heterocycles. The molecule has 0 spiro atoms. The van der Waals surface area contributed by atoms with Gasteiger partial charge in [0.2, 0.25) is 0 Å². The Hall–Kier alpha value is -0.203. The first-order valence-corrected chi connectivity index (χ1v) is 11.5. The predicted molar refractivity (Wildman–Crippen MR) is 99.6 cm³/mol. The summed E-state index contributed by atoms with van der Waals surface area (Å²) in [6.45, 7) is 6.07. The Kier molecular flexibility index (Phi) is 8.27. The zero-order valence-electron chi connectivity index (χ0n) is 14.4. The van der Waals surface area contributed by atoms with E-state index >= 15 is 0 Å². The summed E-state index contributed by atoms with van der Waals surface area (Å²) in [4.78, 5) is 0. The van der Waals surface area contributed by atoms with Crippen LogP contribution in [0.3, 0.4) is 0 Å². The monoisotopic (exact) mass is 400 g/mol. The number of hydrogen-bond acceptors (Lipinski definition) is 3. The molecule has 0 bridgehead atoms. The highest BCUT2D eigenvalue weighted by Crippen LogP contribution is 2.39. The summed E-state index contributed by atoms with van der Waals surface area (Å²) in [5.41, 5.74) is 1.74. The third kappa shape index (κ3) is 5.39. The minimum Gasteiger partial charge on any atom is -0.374 e. The molecular formula is C18H29BrO3Si. The zero-order chi connectivity index (χ0) is 16.5. The van der Waals surface area contributed by atoms with Crippen molar-refractivity contribution in [2.75, 3.05) is 19.8 Å². The Balaban J connectivity index is 2.02. The summed E-state index contributed by atoms with van der Waals surface area (Å²) in [6.07, 6.45) is 7.11. The summed E-state index contributed by atoms with van der Waals surface area (Å²) in [5, 5.41) is 0. The molecule has 130 valence electrons. The molecule has 1 aromatic carbocycles. The molecule has 1 aromatic rings. The van der Waals surface area contributed by atoms with Gasteiger partial charge in [-0.1, -0.05) is 53.4 Å². The molecule has 5 heteroatoms. The van der Waals surface area contributed by atoms with Crippen molar-refractivity contribution in [2.45, 2.75) is 57.9 Å². The van der Waals surface area contributed by atoms with Crippen LogP contribution < -0.4 is 0 Å². The lowest BCUT2D eigenvalue weighted by atomic mass is 10.0. The van der Waals surface area contributed by atoms with Gasteiger partial charge in [-0.3, -0.25) is 0 Å². The minimum atomic E-state index is -2.58. The molecule has 2 rings (SSSR count). The summed E-state index contributed by atoms with van der Waals surface area (Å²) < 4.78 is 19.8. The second-order valence-electron chi connectivity index (χ2n) is 5.99. The highest BCUT2D eigenvalue weighted by Gasteiger charge is 2.49. The molecule has 0 aromatic heterocycles. The third-order valence-corrected chi connectivity index (χ3v) is 8.77. The Morgan fingerprint density at radius 1 is 1.00 bits per heavy atom. The average molecular weight is 401 g/mol. The van der Waals surface area contributed by atoms with Crippen LogP contribution in [0, 0.1) is 0 Å². The molecule has 3 nitrogen and oxygen atoms in total. The van der Waals surface area contributed by atoms with Crippen molar-refractivity contribution in [2.24, 2.45) is 0 Å². The fourth-order valence-corrected chi connectivity index (χ4v) is 7.09. The standard InChI is InChI=1S/C18H29BrO3Si/c1-3-20-23(21-4-2,17-11-6-5-7-12-17)22-15-14-16-10-8-9-13-18(16)19/h8-10,13,17H,3-7,11-12,14-15H2,1-2H3. The highest BCUT2D eigenvalue weighted by atomic mass is 79.9. The third-order valence-electron chi connectivity index (χ3n) is 4.43. The molecule has 0 saturated heterocycles. The number of benzene rings is 1. The van der Waals surface area contributed by atoms with Crippen LogP contribution in [0.2, 0.25) is 5.54 Å². The van der Waals surface area contributed by atoms with Gasteiger partial charge >= 0.3 is 8.80 Å². The van der Waals surface area contributed by atoms with Crippen LogP contribution in [0.4, 0.5) is 0 Å². The largest absolute Gasteiger partial charge is 0.504 e. The summed E-state index contributed by atoms with van der Waals surface area (Å²) in [7, 11) is -2.58.